The zero-order valence-corrected chi connectivity index (χ0v) is 26.6. The molecule has 4 aromatic rings. The van der Waals surface area contributed by atoms with Gasteiger partial charge >= 0.3 is 11.7 Å². The highest BCUT2D eigenvalue weighted by atomic mass is 32.2. The Morgan fingerprint density at radius 3 is 2.50 bits per heavy atom. The second-order valence-electron chi connectivity index (χ2n) is 12.0. The van der Waals surface area contributed by atoms with Crippen molar-refractivity contribution in [3.05, 3.63) is 83.2 Å². The van der Waals surface area contributed by atoms with E-state index in [4.69, 9.17) is 4.74 Å². The molecule has 44 heavy (non-hydrogen) atoms. The highest BCUT2D eigenvalue weighted by molar-refractivity contribution is 8.02. The summed E-state index contributed by atoms with van der Waals surface area (Å²) < 4.78 is 34.5. The van der Waals surface area contributed by atoms with Gasteiger partial charge in [-0.15, -0.1) is 11.8 Å². The van der Waals surface area contributed by atoms with E-state index >= 15 is 0 Å². The number of imidazole rings is 1. The van der Waals surface area contributed by atoms with Crippen LogP contribution in [0.3, 0.4) is 0 Å². The van der Waals surface area contributed by atoms with Crippen LogP contribution in [0, 0.1) is 0 Å². The number of amides is 1. The van der Waals surface area contributed by atoms with Gasteiger partial charge in [0, 0.05) is 29.8 Å². The molecule has 0 aliphatic carbocycles. The molecule has 1 saturated heterocycles. The Balaban J connectivity index is 1.42. The van der Waals surface area contributed by atoms with Crippen LogP contribution in [0.5, 0.6) is 0 Å². The maximum atomic E-state index is 13.9. The van der Waals surface area contributed by atoms with Crippen molar-refractivity contribution >= 4 is 44.8 Å². The Morgan fingerprint density at radius 2 is 1.84 bits per heavy atom. The van der Waals surface area contributed by atoms with Gasteiger partial charge in [0.15, 0.2) is 5.65 Å². The van der Waals surface area contributed by atoms with E-state index in [0.717, 1.165) is 4.31 Å². The molecule has 0 unspecified atom stereocenters. The van der Waals surface area contributed by atoms with Crippen LogP contribution >= 0.6 is 11.8 Å². The van der Waals surface area contributed by atoms with Gasteiger partial charge in [-0.05, 0) is 76.6 Å². The second kappa shape index (κ2) is 11.8. The van der Waals surface area contributed by atoms with E-state index in [9.17, 15) is 22.8 Å². The third-order valence-electron chi connectivity index (χ3n) is 7.08. The summed E-state index contributed by atoms with van der Waals surface area (Å²) in [6, 6.07) is 11.2. The second-order valence-corrected chi connectivity index (χ2v) is 15.5. The van der Waals surface area contributed by atoms with Crippen molar-refractivity contribution in [1.82, 2.24) is 29.1 Å². The number of hydrogen-bond acceptors (Lipinski definition) is 9. The molecule has 3 aromatic heterocycles. The van der Waals surface area contributed by atoms with Gasteiger partial charge in [-0.2, -0.15) is 4.31 Å². The molecule has 0 spiro atoms. The summed E-state index contributed by atoms with van der Waals surface area (Å²) in [5.41, 5.74) is 1.17. The van der Waals surface area contributed by atoms with Gasteiger partial charge in [-0.25, -0.2) is 27.6 Å². The molecule has 1 aliphatic rings. The Kier molecular flexibility index (Phi) is 8.44. The minimum absolute atomic E-state index is 0.0237. The largest absolute Gasteiger partial charge is 0.458 e. The number of aromatic amines is 1. The number of carbonyl (C=O) groups excluding carboxylic acids is 2. The zero-order valence-electron chi connectivity index (χ0n) is 25.0. The van der Waals surface area contributed by atoms with E-state index < -0.39 is 44.3 Å². The van der Waals surface area contributed by atoms with Crippen molar-refractivity contribution in [2.45, 2.75) is 68.4 Å². The van der Waals surface area contributed by atoms with Gasteiger partial charge in [-0.3, -0.25) is 9.78 Å². The number of pyridine rings is 2. The quantitative estimate of drug-likeness (QED) is 0.277. The molecule has 5 rings (SSSR count). The zero-order chi connectivity index (χ0) is 31.9. The Bertz CT molecular complexity index is 1850. The number of esters is 1. The van der Waals surface area contributed by atoms with Gasteiger partial charge in [0.25, 0.3) is 0 Å². The van der Waals surface area contributed by atoms with Crippen LogP contribution in [-0.4, -0.2) is 72.4 Å². The molecule has 4 heterocycles. The molecular weight excluding hydrogens is 605 g/mol. The van der Waals surface area contributed by atoms with Crippen LogP contribution in [0.4, 0.5) is 0 Å². The fraction of sp³-hybridized carbons (Fsp3) is 0.367. The third-order valence-corrected chi connectivity index (χ3v) is 10.4. The molecule has 2 N–H and O–H groups in total. The average molecular weight is 639 g/mol. The van der Waals surface area contributed by atoms with Crippen LogP contribution in [-0.2, 0) is 30.8 Å². The van der Waals surface area contributed by atoms with E-state index in [0.29, 0.717) is 22.4 Å². The topological polar surface area (TPSA) is 156 Å². The van der Waals surface area contributed by atoms with Gasteiger partial charge < -0.3 is 15.0 Å². The predicted molar refractivity (Wildman–Crippen MR) is 167 cm³/mol. The van der Waals surface area contributed by atoms with E-state index in [1.54, 1.807) is 77.2 Å². The molecule has 232 valence electrons. The molecule has 2 atom stereocenters. The Morgan fingerprint density at radius 1 is 1.14 bits per heavy atom. The molecule has 0 bridgehead atoms. The van der Waals surface area contributed by atoms with Gasteiger partial charge in [0.05, 0.1) is 17.1 Å². The number of benzene rings is 1. The highest BCUT2D eigenvalue weighted by Crippen LogP contribution is 2.42. The number of rotatable bonds is 8. The first-order valence-corrected chi connectivity index (χ1v) is 16.3. The maximum Gasteiger partial charge on any atom is 0.332 e. The number of nitrogens with zero attached hydrogens (tertiary/aromatic N) is 4. The van der Waals surface area contributed by atoms with Crippen molar-refractivity contribution in [2.75, 3.05) is 5.88 Å². The first-order valence-electron chi connectivity index (χ1n) is 13.9. The SMILES string of the molecule is CC(C)(C)OC(=O)[C@H](Cc1ccc(-n2c(=O)[nH]c3cccnc32)cc1)NC(=O)[C@H]1N(S(=O)(=O)c2cccnc2)CSC1(C)C. The van der Waals surface area contributed by atoms with E-state index in [1.165, 1.54) is 40.9 Å². The highest BCUT2D eigenvalue weighted by Gasteiger charge is 2.51. The van der Waals surface area contributed by atoms with Crippen LogP contribution in [0.15, 0.2) is 76.8 Å². The number of hydrogen-bond donors (Lipinski definition) is 2. The van der Waals surface area contributed by atoms with Crippen LogP contribution in [0.1, 0.15) is 40.2 Å². The Hall–Kier alpha value is -4.01. The lowest BCUT2D eigenvalue weighted by Gasteiger charge is -2.32. The average Bonchev–Trinajstić information content (AvgIpc) is 3.47. The van der Waals surface area contributed by atoms with Crippen molar-refractivity contribution in [3.8, 4) is 5.69 Å². The predicted octanol–water partition coefficient (Wildman–Crippen LogP) is 3.02. The smallest absolute Gasteiger partial charge is 0.332 e. The molecule has 0 saturated carbocycles. The summed E-state index contributed by atoms with van der Waals surface area (Å²) in [5, 5.41) is 2.80. The third kappa shape index (κ3) is 6.42. The van der Waals surface area contributed by atoms with E-state index in [2.05, 4.69) is 20.3 Å². The molecule has 0 radical (unpaired) electrons. The minimum atomic E-state index is -4.06. The normalized spacial score (nSPS) is 17.8. The van der Waals surface area contributed by atoms with Crippen LogP contribution < -0.4 is 11.0 Å². The van der Waals surface area contributed by atoms with Crippen LogP contribution in [0.25, 0.3) is 16.9 Å². The first-order chi connectivity index (χ1) is 20.7. The molecular formula is C30H34N6O6S2. The maximum absolute atomic E-state index is 13.9. The monoisotopic (exact) mass is 638 g/mol. The summed E-state index contributed by atoms with van der Waals surface area (Å²) >= 11 is 1.33. The molecule has 1 aromatic carbocycles. The molecule has 14 heteroatoms. The standard InChI is InChI=1S/C30H34N6O6S2/c1-29(2,3)42-27(38)23(16-19-10-12-20(13-11-19)36-25-22(34-28(36)39)9-7-15-32-25)33-26(37)24-30(4,5)43-18-35(24)44(40,41)21-8-6-14-31-17-21/h6-15,17,23-24H,16,18H2,1-5H3,(H,33,37)(H,34,39)/t23-,24+/m0/s1. The van der Waals surface area contributed by atoms with E-state index in [1.807, 2.05) is 0 Å². The number of thioether (sulfide) groups is 1. The number of fused-ring (bicyclic) bond motifs is 1. The number of sulfonamides is 1. The van der Waals surface area contributed by atoms with Gasteiger partial charge in [-0.1, -0.05) is 12.1 Å². The summed E-state index contributed by atoms with van der Waals surface area (Å²) in [6.45, 7) is 8.77. The Labute approximate surface area is 259 Å². The number of nitrogens with one attached hydrogen (secondary N) is 2. The number of H-pyrrole nitrogens is 1. The summed E-state index contributed by atoms with van der Waals surface area (Å²) in [6.07, 6.45) is 4.38. The number of aromatic nitrogens is 4. The van der Waals surface area contributed by atoms with Crippen LogP contribution in [0.2, 0.25) is 0 Å². The van der Waals surface area contributed by atoms with E-state index in [-0.39, 0.29) is 22.9 Å². The fourth-order valence-corrected chi connectivity index (χ4v) is 8.17. The molecule has 12 nitrogen and oxygen atoms in total. The first kappa shape index (κ1) is 31.4. The lowest BCUT2D eigenvalue weighted by molar-refractivity contribution is -0.158. The van der Waals surface area contributed by atoms with Gasteiger partial charge in [0.1, 0.15) is 22.6 Å². The number of carbonyl (C=O) groups is 2. The minimum Gasteiger partial charge on any atom is -0.458 e. The fourth-order valence-electron chi connectivity index (χ4n) is 5.03. The molecule has 1 aliphatic heterocycles. The molecule has 1 amide bonds. The van der Waals surface area contributed by atoms with Gasteiger partial charge in [0.2, 0.25) is 15.9 Å². The summed E-state index contributed by atoms with van der Waals surface area (Å²) in [7, 11) is -4.06. The lowest BCUT2D eigenvalue weighted by atomic mass is 10.0. The van der Waals surface area contributed by atoms with Crippen molar-refractivity contribution in [3.63, 3.8) is 0 Å². The summed E-state index contributed by atoms with van der Waals surface area (Å²) in [5.74, 6) is -1.21. The summed E-state index contributed by atoms with van der Waals surface area (Å²) in [4.78, 5) is 50.9. The number of ether oxygens (including phenoxy) is 1. The van der Waals surface area contributed by atoms with Crippen molar-refractivity contribution in [1.29, 1.82) is 0 Å². The van der Waals surface area contributed by atoms with Crippen molar-refractivity contribution in [2.24, 2.45) is 0 Å². The van der Waals surface area contributed by atoms with Crippen molar-refractivity contribution < 1.29 is 22.7 Å². The molecule has 1 fully saturated rings. The lowest BCUT2D eigenvalue weighted by Crippen LogP contribution is -2.57.